The third kappa shape index (κ3) is 4.01. The first-order valence-corrected chi connectivity index (χ1v) is 11.8. The van der Waals surface area contributed by atoms with E-state index in [4.69, 9.17) is 9.47 Å². The summed E-state index contributed by atoms with van der Waals surface area (Å²) in [4.78, 5) is 39.1. The molecule has 2 aliphatic rings. The van der Waals surface area contributed by atoms with Crippen molar-refractivity contribution in [2.24, 2.45) is 0 Å². The van der Waals surface area contributed by atoms with Crippen LogP contribution in [0.25, 0.3) is 5.70 Å². The average molecular weight is 480 g/mol. The van der Waals surface area contributed by atoms with Crippen LogP contribution in [-0.4, -0.2) is 24.3 Å². The molecule has 0 bridgehead atoms. The number of dihydropyridines is 1. The predicted octanol–water partition coefficient (Wildman–Crippen LogP) is 5.35. The molecule has 0 aromatic heterocycles. The molecule has 6 heteroatoms. The van der Waals surface area contributed by atoms with Crippen molar-refractivity contribution >= 4 is 23.4 Å². The zero-order chi connectivity index (χ0) is 25.4. The van der Waals surface area contributed by atoms with E-state index in [-0.39, 0.29) is 12.4 Å². The number of rotatable bonds is 5. The topological polar surface area (TPSA) is 81.7 Å². The van der Waals surface area contributed by atoms with Crippen molar-refractivity contribution in [1.29, 1.82) is 0 Å². The Labute approximate surface area is 209 Å². The fraction of sp³-hybridized carbons (Fsp3) is 0.167. The molecule has 1 heterocycles. The van der Waals surface area contributed by atoms with E-state index in [9.17, 15) is 14.4 Å². The Morgan fingerprint density at radius 2 is 1.53 bits per heavy atom. The van der Waals surface area contributed by atoms with E-state index in [1.165, 1.54) is 0 Å². The lowest BCUT2D eigenvalue weighted by Gasteiger charge is -2.29. The smallest absolute Gasteiger partial charge is 0.343 e. The Kier molecular flexibility index (Phi) is 6.02. The number of Topliss-reactive ketones (excluding diaryl/α,β-unsaturated/α-hetero) is 1. The molecular formula is C30H25NO5. The Balaban J connectivity index is 1.51. The third-order valence-electron chi connectivity index (χ3n) is 6.46. The molecule has 3 aromatic carbocycles. The fourth-order valence-electron chi connectivity index (χ4n) is 4.73. The van der Waals surface area contributed by atoms with Crippen LogP contribution in [0.2, 0.25) is 0 Å². The molecule has 0 spiro atoms. The number of hydrogen-bond acceptors (Lipinski definition) is 6. The number of aryl methyl sites for hydroxylation is 1. The molecule has 36 heavy (non-hydrogen) atoms. The third-order valence-corrected chi connectivity index (χ3v) is 6.46. The molecule has 180 valence electrons. The Morgan fingerprint density at radius 1 is 0.861 bits per heavy atom. The van der Waals surface area contributed by atoms with Gasteiger partial charge in [-0.3, -0.25) is 4.79 Å². The van der Waals surface area contributed by atoms with Crippen LogP contribution in [0.1, 0.15) is 57.2 Å². The highest BCUT2D eigenvalue weighted by Crippen LogP contribution is 2.46. The summed E-state index contributed by atoms with van der Waals surface area (Å²) < 4.78 is 10.9. The second-order valence-electron chi connectivity index (χ2n) is 8.81. The van der Waals surface area contributed by atoms with Crippen LogP contribution in [0, 0.1) is 6.92 Å². The number of ketones is 1. The number of esters is 2. The number of ether oxygens (including phenoxy) is 2. The maximum atomic E-state index is 13.5. The molecule has 3 aromatic rings. The van der Waals surface area contributed by atoms with Crippen molar-refractivity contribution in [2.45, 2.75) is 26.7 Å². The molecule has 1 aliphatic carbocycles. The molecule has 1 N–H and O–H groups in total. The van der Waals surface area contributed by atoms with Gasteiger partial charge in [0.15, 0.2) is 5.78 Å². The van der Waals surface area contributed by atoms with E-state index in [1.54, 1.807) is 49.4 Å². The lowest BCUT2D eigenvalue weighted by atomic mass is 9.80. The molecule has 6 nitrogen and oxygen atoms in total. The number of carbonyl (C=O) groups is 3. The van der Waals surface area contributed by atoms with Crippen molar-refractivity contribution in [3.8, 4) is 5.75 Å². The van der Waals surface area contributed by atoms with Gasteiger partial charge >= 0.3 is 11.9 Å². The van der Waals surface area contributed by atoms with Crippen molar-refractivity contribution in [2.75, 3.05) is 6.61 Å². The number of hydrogen-bond donors (Lipinski definition) is 1. The van der Waals surface area contributed by atoms with E-state index in [0.717, 1.165) is 16.7 Å². The first-order chi connectivity index (χ1) is 17.4. The fourth-order valence-corrected chi connectivity index (χ4v) is 4.73. The zero-order valence-electron chi connectivity index (χ0n) is 20.3. The quantitative estimate of drug-likeness (QED) is 0.393. The van der Waals surface area contributed by atoms with Gasteiger partial charge in [0.2, 0.25) is 0 Å². The van der Waals surface area contributed by atoms with Gasteiger partial charge in [-0.25, -0.2) is 9.59 Å². The van der Waals surface area contributed by atoms with Gasteiger partial charge in [0.05, 0.1) is 23.4 Å². The largest absolute Gasteiger partial charge is 0.463 e. The van der Waals surface area contributed by atoms with E-state index < -0.39 is 17.9 Å². The van der Waals surface area contributed by atoms with E-state index in [0.29, 0.717) is 39.4 Å². The molecule has 5 rings (SSSR count). The predicted molar refractivity (Wildman–Crippen MR) is 135 cm³/mol. The first kappa shape index (κ1) is 23.3. The van der Waals surface area contributed by atoms with Crippen LogP contribution in [0.3, 0.4) is 0 Å². The summed E-state index contributed by atoms with van der Waals surface area (Å²) in [5.74, 6) is -1.31. The average Bonchev–Trinajstić information content (AvgIpc) is 3.16. The number of benzene rings is 3. The second kappa shape index (κ2) is 9.30. The van der Waals surface area contributed by atoms with Gasteiger partial charge in [-0.05, 0) is 50.6 Å². The minimum atomic E-state index is -0.623. The Hall–Kier alpha value is -4.45. The SMILES string of the molecule is CCOC(=O)C1=C(C)NC2=C(C(=O)c3ccccc32)C1c1ccc(OC(=O)c2ccc(C)cc2)cc1. The highest BCUT2D eigenvalue weighted by molar-refractivity contribution is 6.23. The molecule has 1 unspecified atom stereocenters. The van der Waals surface area contributed by atoms with E-state index in [1.807, 2.05) is 44.2 Å². The molecule has 0 fully saturated rings. The summed E-state index contributed by atoms with van der Waals surface area (Å²) in [5, 5.41) is 3.28. The van der Waals surface area contributed by atoms with Crippen molar-refractivity contribution in [3.05, 3.63) is 117 Å². The molecular weight excluding hydrogens is 454 g/mol. The van der Waals surface area contributed by atoms with Gasteiger partial charge < -0.3 is 14.8 Å². The van der Waals surface area contributed by atoms with Crippen LogP contribution < -0.4 is 10.1 Å². The van der Waals surface area contributed by atoms with Crippen LogP contribution in [0.5, 0.6) is 5.75 Å². The standard InChI is InChI=1S/C30H25NO5/c1-4-35-30(34)24-18(3)31-27-22-7-5-6-8-23(22)28(32)26(27)25(24)19-13-15-21(16-14-19)36-29(33)20-11-9-17(2)10-12-20/h5-16,25,31H,4H2,1-3H3. The molecule has 1 aliphatic heterocycles. The van der Waals surface area contributed by atoms with Gasteiger partial charge in [0, 0.05) is 28.3 Å². The van der Waals surface area contributed by atoms with Crippen LogP contribution in [0.4, 0.5) is 0 Å². The van der Waals surface area contributed by atoms with E-state index >= 15 is 0 Å². The zero-order valence-corrected chi connectivity index (χ0v) is 20.3. The lowest BCUT2D eigenvalue weighted by Crippen LogP contribution is -2.29. The number of allylic oxidation sites excluding steroid dienone is 2. The maximum absolute atomic E-state index is 13.5. The van der Waals surface area contributed by atoms with Gasteiger partial charge in [-0.2, -0.15) is 0 Å². The highest BCUT2D eigenvalue weighted by Gasteiger charge is 2.42. The van der Waals surface area contributed by atoms with Gasteiger partial charge in [0.25, 0.3) is 0 Å². The summed E-state index contributed by atoms with van der Waals surface area (Å²) in [5.41, 5.74) is 5.89. The Bertz CT molecular complexity index is 1450. The number of fused-ring (bicyclic) bond motifs is 2. The van der Waals surface area contributed by atoms with E-state index in [2.05, 4.69) is 5.32 Å². The number of carbonyl (C=O) groups excluding carboxylic acids is 3. The summed E-state index contributed by atoms with van der Waals surface area (Å²) in [6.45, 7) is 5.73. The molecule has 0 amide bonds. The Morgan fingerprint density at radius 3 is 2.19 bits per heavy atom. The van der Waals surface area contributed by atoms with Gasteiger partial charge in [-0.1, -0.05) is 54.1 Å². The van der Waals surface area contributed by atoms with Crippen molar-refractivity contribution < 1.29 is 23.9 Å². The van der Waals surface area contributed by atoms with Crippen LogP contribution in [0.15, 0.2) is 89.6 Å². The van der Waals surface area contributed by atoms with Crippen LogP contribution >= 0.6 is 0 Å². The lowest BCUT2D eigenvalue weighted by molar-refractivity contribution is -0.138. The van der Waals surface area contributed by atoms with Gasteiger partial charge in [-0.15, -0.1) is 0 Å². The number of nitrogens with one attached hydrogen (secondary N) is 1. The maximum Gasteiger partial charge on any atom is 0.343 e. The molecule has 0 saturated heterocycles. The first-order valence-electron chi connectivity index (χ1n) is 11.8. The van der Waals surface area contributed by atoms with Crippen molar-refractivity contribution in [3.63, 3.8) is 0 Å². The van der Waals surface area contributed by atoms with Gasteiger partial charge in [0.1, 0.15) is 5.75 Å². The summed E-state index contributed by atoms with van der Waals surface area (Å²) in [6, 6.07) is 21.5. The minimum absolute atomic E-state index is 0.123. The van der Waals surface area contributed by atoms with Crippen molar-refractivity contribution in [1.82, 2.24) is 5.32 Å². The summed E-state index contributed by atoms with van der Waals surface area (Å²) in [6.07, 6.45) is 0. The molecule has 0 radical (unpaired) electrons. The molecule has 0 saturated carbocycles. The van der Waals surface area contributed by atoms with Crippen LogP contribution in [-0.2, 0) is 9.53 Å². The molecule has 1 atom stereocenters. The summed E-state index contributed by atoms with van der Waals surface area (Å²) in [7, 11) is 0. The highest BCUT2D eigenvalue weighted by atomic mass is 16.5. The normalized spacial score (nSPS) is 16.3. The second-order valence-corrected chi connectivity index (χ2v) is 8.81. The minimum Gasteiger partial charge on any atom is -0.463 e. The monoisotopic (exact) mass is 479 g/mol. The summed E-state index contributed by atoms with van der Waals surface area (Å²) >= 11 is 0.